The van der Waals surface area contributed by atoms with E-state index in [2.05, 4.69) is 42.4 Å². The second kappa shape index (κ2) is 7.41. The number of aryl methyl sites for hydroxylation is 1. The Hall–Kier alpha value is -1.85. The second-order valence-electron chi connectivity index (χ2n) is 7.55. The minimum atomic E-state index is -0.173. The number of fused-ring (bicyclic) bond motifs is 1. The van der Waals surface area contributed by atoms with Gasteiger partial charge in [-0.2, -0.15) is 5.26 Å². The van der Waals surface area contributed by atoms with Crippen LogP contribution in [0.25, 0.3) is 0 Å². The topological polar surface area (TPSA) is 91.8 Å². The predicted octanol–water partition coefficient (Wildman–Crippen LogP) is 4.19. The van der Waals surface area contributed by atoms with Crippen molar-refractivity contribution in [2.45, 2.75) is 52.2 Å². The van der Waals surface area contributed by atoms with Gasteiger partial charge in [0.15, 0.2) is 0 Å². The van der Waals surface area contributed by atoms with E-state index < -0.39 is 0 Å². The summed E-state index contributed by atoms with van der Waals surface area (Å²) in [6, 6.07) is 2.29. The Morgan fingerprint density at radius 2 is 2.23 bits per heavy atom. The van der Waals surface area contributed by atoms with Crippen LogP contribution in [0.3, 0.4) is 0 Å². The first-order valence-corrected chi connectivity index (χ1v) is 10.4. The number of carbonyl (C=O) groups is 1. The summed E-state index contributed by atoms with van der Waals surface area (Å²) < 4.78 is 5.25. The Balaban J connectivity index is 1.70. The van der Waals surface area contributed by atoms with Gasteiger partial charge in [0, 0.05) is 11.8 Å². The molecule has 2 heterocycles. The van der Waals surface area contributed by atoms with Crippen molar-refractivity contribution in [1.82, 2.24) is 10.2 Å². The monoisotopic (exact) mass is 390 g/mol. The minimum Gasteiger partial charge on any atom is -0.416 e. The van der Waals surface area contributed by atoms with Gasteiger partial charge in [0.1, 0.15) is 11.1 Å². The molecule has 1 atom stereocenters. The number of hydrogen-bond donors (Lipinski definition) is 1. The summed E-state index contributed by atoms with van der Waals surface area (Å²) in [5, 5.41) is 21.1. The largest absolute Gasteiger partial charge is 0.416 e. The molecule has 1 aliphatic carbocycles. The zero-order valence-electron chi connectivity index (χ0n) is 15.4. The lowest BCUT2D eigenvalue weighted by molar-refractivity contribution is -0.113. The van der Waals surface area contributed by atoms with Gasteiger partial charge in [0.25, 0.3) is 5.22 Å². The Morgan fingerprint density at radius 3 is 2.85 bits per heavy atom. The molecule has 2 aromatic rings. The second-order valence-corrected chi connectivity index (χ2v) is 9.58. The van der Waals surface area contributed by atoms with Crippen molar-refractivity contribution < 1.29 is 9.21 Å². The van der Waals surface area contributed by atoms with Gasteiger partial charge in [-0.1, -0.05) is 32.5 Å². The molecule has 1 N–H and O–H groups in total. The average molecular weight is 391 g/mol. The molecule has 0 unspecified atom stereocenters. The number of rotatable bonds is 4. The highest BCUT2D eigenvalue weighted by Gasteiger charge is 2.32. The van der Waals surface area contributed by atoms with Crippen LogP contribution in [-0.2, 0) is 17.6 Å². The van der Waals surface area contributed by atoms with E-state index in [9.17, 15) is 10.1 Å². The normalized spacial score (nSPS) is 16.8. The molecule has 0 fully saturated rings. The van der Waals surface area contributed by atoms with Gasteiger partial charge < -0.3 is 9.73 Å². The Labute approximate surface area is 161 Å². The van der Waals surface area contributed by atoms with Crippen molar-refractivity contribution in [3.63, 3.8) is 0 Å². The van der Waals surface area contributed by atoms with Gasteiger partial charge >= 0.3 is 0 Å². The summed E-state index contributed by atoms with van der Waals surface area (Å²) in [4.78, 5) is 13.5. The number of aromatic nitrogens is 2. The van der Waals surface area contributed by atoms with Crippen LogP contribution in [0.1, 0.15) is 49.1 Å². The third-order valence-electron chi connectivity index (χ3n) is 4.69. The summed E-state index contributed by atoms with van der Waals surface area (Å²) in [6.07, 6.45) is 2.97. The van der Waals surface area contributed by atoms with Crippen LogP contribution in [0.4, 0.5) is 5.00 Å². The van der Waals surface area contributed by atoms with Crippen LogP contribution >= 0.6 is 23.1 Å². The number of nitriles is 1. The third kappa shape index (κ3) is 4.10. The van der Waals surface area contributed by atoms with E-state index in [1.807, 2.05) is 0 Å². The van der Waals surface area contributed by atoms with Gasteiger partial charge in [-0.25, -0.2) is 0 Å². The van der Waals surface area contributed by atoms with Crippen molar-refractivity contribution in [2.75, 3.05) is 11.1 Å². The fraction of sp³-hybridized carbons (Fsp3) is 0.556. The summed E-state index contributed by atoms with van der Waals surface area (Å²) in [5.74, 6) is 1.06. The SMILES string of the molecule is Cc1nnc(SCC(=O)Nc2sc3c(c2C#N)CC[C@H](C(C)(C)C)C3)o1. The molecule has 0 aliphatic heterocycles. The van der Waals surface area contributed by atoms with Crippen molar-refractivity contribution in [3.05, 3.63) is 21.9 Å². The van der Waals surface area contributed by atoms with Crippen LogP contribution in [0.5, 0.6) is 0 Å². The first-order valence-electron chi connectivity index (χ1n) is 8.55. The zero-order chi connectivity index (χ0) is 18.9. The van der Waals surface area contributed by atoms with Crippen molar-refractivity contribution in [1.29, 1.82) is 5.26 Å². The summed E-state index contributed by atoms with van der Waals surface area (Å²) >= 11 is 2.74. The van der Waals surface area contributed by atoms with Crippen LogP contribution < -0.4 is 5.32 Å². The highest BCUT2D eigenvalue weighted by Crippen LogP contribution is 2.44. The molecule has 26 heavy (non-hydrogen) atoms. The Bertz CT molecular complexity index is 858. The molecule has 0 aromatic carbocycles. The lowest BCUT2D eigenvalue weighted by atomic mass is 9.72. The first-order chi connectivity index (χ1) is 12.3. The van der Waals surface area contributed by atoms with Gasteiger partial charge in [-0.15, -0.1) is 21.5 Å². The van der Waals surface area contributed by atoms with Crippen molar-refractivity contribution in [3.8, 4) is 6.07 Å². The molecule has 2 aromatic heterocycles. The fourth-order valence-electron chi connectivity index (χ4n) is 3.16. The molecule has 0 spiro atoms. The van der Waals surface area contributed by atoms with E-state index in [1.165, 1.54) is 16.6 Å². The van der Waals surface area contributed by atoms with Gasteiger partial charge in [-0.3, -0.25) is 4.79 Å². The van der Waals surface area contributed by atoms with E-state index in [-0.39, 0.29) is 17.1 Å². The van der Waals surface area contributed by atoms with E-state index in [4.69, 9.17) is 4.42 Å². The maximum atomic E-state index is 12.3. The lowest BCUT2D eigenvalue weighted by Gasteiger charge is -2.33. The molecule has 3 rings (SSSR count). The quantitative estimate of drug-likeness (QED) is 0.787. The Morgan fingerprint density at radius 1 is 1.46 bits per heavy atom. The summed E-state index contributed by atoms with van der Waals surface area (Å²) in [5.41, 5.74) is 1.99. The molecular weight excluding hydrogens is 368 g/mol. The first kappa shape index (κ1) is 18.9. The van der Waals surface area contributed by atoms with E-state index in [0.717, 1.165) is 24.8 Å². The minimum absolute atomic E-state index is 0.166. The summed E-state index contributed by atoms with van der Waals surface area (Å²) in [6.45, 7) is 8.50. The smallest absolute Gasteiger partial charge is 0.277 e. The third-order valence-corrected chi connectivity index (χ3v) is 6.68. The number of nitrogens with one attached hydrogen (secondary N) is 1. The fourth-order valence-corrected chi connectivity index (χ4v) is 5.06. The average Bonchev–Trinajstić information content (AvgIpc) is 3.14. The Kier molecular flexibility index (Phi) is 5.39. The number of thioether (sulfide) groups is 1. The lowest BCUT2D eigenvalue weighted by Crippen LogP contribution is -2.26. The predicted molar refractivity (Wildman–Crippen MR) is 102 cm³/mol. The molecule has 1 aliphatic rings. The maximum Gasteiger partial charge on any atom is 0.277 e. The molecule has 0 saturated carbocycles. The molecule has 0 bridgehead atoms. The van der Waals surface area contributed by atoms with E-state index in [1.54, 1.807) is 18.3 Å². The number of thiophene rings is 1. The van der Waals surface area contributed by atoms with Crippen molar-refractivity contribution >= 4 is 34.0 Å². The molecule has 0 saturated heterocycles. The van der Waals surface area contributed by atoms with Gasteiger partial charge in [0.2, 0.25) is 11.8 Å². The molecule has 1 amide bonds. The highest BCUT2D eigenvalue weighted by atomic mass is 32.2. The van der Waals surface area contributed by atoms with Crippen LogP contribution in [-0.4, -0.2) is 21.9 Å². The molecule has 138 valence electrons. The van der Waals surface area contributed by atoms with E-state index >= 15 is 0 Å². The molecule has 6 nitrogen and oxygen atoms in total. The molecular formula is C18H22N4O2S2. The number of anilines is 1. The molecule has 0 radical (unpaired) electrons. The van der Waals surface area contributed by atoms with Crippen LogP contribution in [0, 0.1) is 29.6 Å². The number of carbonyl (C=O) groups excluding carboxylic acids is 1. The highest BCUT2D eigenvalue weighted by molar-refractivity contribution is 7.99. The van der Waals surface area contributed by atoms with Crippen LogP contribution in [0.15, 0.2) is 9.64 Å². The number of hydrogen-bond acceptors (Lipinski definition) is 7. The van der Waals surface area contributed by atoms with Gasteiger partial charge in [-0.05, 0) is 36.2 Å². The van der Waals surface area contributed by atoms with Crippen LogP contribution in [0.2, 0.25) is 0 Å². The zero-order valence-corrected chi connectivity index (χ0v) is 17.0. The van der Waals surface area contributed by atoms with Gasteiger partial charge in [0.05, 0.1) is 11.3 Å². The maximum absolute atomic E-state index is 12.3. The number of amides is 1. The summed E-state index contributed by atoms with van der Waals surface area (Å²) in [7, 11) is 0. The van der Waals surface area contributed by atoms with Crippen molar-refractivity contribution in [2.24, 2.45) is 11.3 Å². The van der Waals surface area contributed by atoms with E-state index in [0.29, 0.717) is 27.6 Å². The standard InChI is InChI=1S/C18H22N4O2S2/c1-10-21-22-17(24-10)25-9-15(23)20-16-13(8-19)12-6-5-11(18(2,3)4)7-14(12)26-16/h11H,5-7,9H2,1-4H3,(H,20,23)/t11-/m0/s1. The molecule has 8 heteroatoms. The number of nitrogens with zero attached hydrogens (tertiary/aromatic N) is 3.